The average molecular weight is 376 g/mol. The maximum atomic E-state index is 13.1. The standard InChI is InChI=1S/C19H28N4O4/c1-2-9-27-14-10-15-18(25)22-8-7-21(12-16(22)19(26)23(15)11-14)17(24)13-3-5-20-6-4-13/h2,13-16,20H,1,3-12H2/t14-,15+,16+/m1/s1. The van der Waals surface area contributed by atoms with Crippen LogP contribution in [0.25, 0.3) is 0 Å². The van der Waals surface area contributed by atoms with Crippen LogP contribution in [0.5, 0.6) is 0 Å². The number of piperidine rings is 1. The minimum atomic E-state index is -0.550. The van der Waals surface area contributed by atoms with Crippen molar-refractivity contribution in [2.24, 2.45) is 5.92 Å². The zero-order chi connectivity index (χ0) is 19.0. The maximum Gasteiger partial charge on any atom is 0.247 e. The fraction of sp³-hybridized carbons (Fsp3) is 0.737. The van der Waals surface area contributed by atoms with Crippen LogP contribution in [0, 0.1) is 5.92 Å². The fourth-order valence-electron chi connectivity index (χ4n) is 4.77. The predicted octanol–water partition coefficient (Wildman–Crippen LogP) is -0.789. The van der Waals surface area contributed by atoms with Gasteiger partial charge in [-0.2, -0.15) is 0 Å². The smallest absolute Gasteiger partial charge is 0.247 e. The van der Waals surface area contributed by atoms with Gasteiger partial charge in [-0.25, -0.2) is 0 Å². The molecule has 4 saturated heterocycles. The second kappa shape index (κ2) is 7.59. The summed E-state index contributed by atoms with van der Waals surface area (Å²) >= 11 is 0. The third-order valence-corrected chi connectivity index (χ3v) is 6.23. The highest BCUT2D eigenvalue weighted by Gasteiger charge is 2.52. The number of amides is 3. The van der Waals surface area contributed by atoms with Gasteiger partial charge in [0.05, 0.1) is 19.3 Å². The summed E-state index contributed by atoms with van der Waals surface area (Å²) in [5, 5.41) is 3.27. The summed E-state index contributed by atoms with van der Waals surface area (Å²) in [4.78, 5) is 44.0. The largest absolute Gasteiger partial charge is 0.372 e. The highest BCUT2D eigenvalue weighted by atomic mass is 16.5. The number of carbonyl (C=O) groups is 3. The highest BCUT2D eigenvalue weighted by molar-refractivity contribution is 5.98. The van der Waals surface area contributed by atoms with E-state index in [2.05, 4.69) is 11.9 Å². The first-order valence-corrected chi connectivity index (χ1v) is 9.93. The van der Waals surface area contributed by atoms with E-state index in [-0.39, 0.29) is 29.7 Å². The lowest BCUT2D eigenvalue weighted by Gasteiger charge is -2.47. The summed E-state index contributed by atoms with van der Waals surface area (Å²) in [6.45, 7) is 7.49. The van der Waals surface area contributed by atoms with E-state index in [0.29, 0.717) is 39.2 Å². The molecule has 4 heterocycles. The summed E-state index contributed by atoms with van der Waals surface area (Å²) in [6.07, 6.45) is 3.77. The SMILES string of the molecule is C=CCO[C@@H]1C[C@H]2C(=O)N3CCN(C(=O)C4CCNCC4)C[C@H]3C(=O)N2C1. The van der Waals surface area contributed by atoms with Crippen LogP contribution in [-0.2, 0) is 19.1 Å². The summed E-state index contributed by atoms with van der Waals surface area (Å²) in [5.41, 5.74) is 0. The Morgan fingerprint density at radius 2 is 1.85 bits per heavy atom. The van der Waals surface area contributed by atoms with Crippen LogP contribution in [0.4, 0.5) is 0 Å². The topological polar surface area (TPSA) is 82.2 Å². The van der Waals surface area contributed by atoms with Gasteiger partial charge in [0.2, 0.25) is 17.7 Å². The van der Waals surface area contributed by atoms with Gasteiger partial charge in [-0.3, -0.25) is 14.4 Å². The first-order chi connectivity index (χ1) is 13.1. The lowest BCUT2D eigenvalue weighted by molar-refractivity contribution is -0.165. The molecule has 3 amide bonds. The van der Waals surface area contributed by atoms with E-state index in [1.807, 2.05) is 0 Å². The normalized spacial score (nSPS) is 31.7. The third kappa shape index (κ3) is 3.36. The first-order valence-electron chi connectivity index (χ1n) is 9.93. The summed E-state index contributed by atoms with van der Waals surface area (Å²) in [7, 11) is 0. The zero-order valence-corrected chi connectivity index (χ0v) is 15.6. The zero-order valence-electron chi connectivity index (χ0n) is 15.6. The van der Waals surface area contributed by atoms with Gasteiger partial charge < -0.3 is 24.8 Å². The quantitative estimate of drug-likeness (QED) is 0.651. The van der Waals surface area contributed by atoms with Crippen LogP contribution < -0.4 is 5.32 Å². The molecule has 8 heteroatoms. The second-order valence-corrected chi connectivity index (χ2v) is 7.84. The molecule has 1 N–H and O–H groups in total. The molecule has 0 bridgehead atoms. The molecule has 0 saturated carbocycles. The number of hydrogen-bond donors (Lipinski definition) is 1. The molecule has 4 rings (SSSR count). The van der Waals surface area contributed by atoms with E-state index >= 15 is 0 Å². The van der Waals surface area contributed by atoms with Crippen LogP contribution in [0.15, 0.2) is 12.7 Å². The number of piperazine rings is 2. The minimum absolute atomic E-state index is 0.00160. The Balaban J connectivity index is 1.44. The van der Waals surface area contributed by atoms with Gasteiger partial charge in [0.1, 0.15) is 12.1 Å². The minimum Gasteiger partial charge on any atom is -0.372 e. The Morgan fingerprint density at radius 1 is 1.11 bits per heavy atom. The van der Waals surface area contributed by atoms with Gasteiger partial charge in [-0.05, 0) is 25.9 Å². The van der Waals surface area contributed by atoms with Crippen molar-refractivity contribution in [1.82, 2.24) is 20.0 Å². The summed E-state index contributed by atoms with van der Waals surface area (Å²) in [5.74, 6) is 0.112. The molecule has 4 aliphatic heterocycles. The van der Waals surface area contributed by atoms with Gasteiger partial charge in [-0.1, -0.05) is 6.08 Å². The van der Waals surface area contributed by atoms with Crippen molar-refractivity contribution in [1.29, 1.82) is 0 Å². The molecule has 0 aromatic rings. The lowest BCUT2D eigenvalue weighted by atomic mass is 9.95. The molecule has 4 aliphatic rings. The number of carbonyl (C=O) groups excluding carboxylic acids is 3. The van der Waals surface area contributed by atoms with E-state index < -0.39 is 12.1 Å². The van der Waals surface area contributed by atoms with Gasteiger partial charge >= 0.3 is 0 Å². The van der Waals surface area contributed by atoms with Crippen LogP contribution in [0.3, 0.4) is 0 Å². The van der Waals surface area contributed by atoms with E-state index in [1.54, 1.807) is 20.8 Å². The molecule has 0 aromatic carbocycles. The Labute approximate surface area is 159 Å². The van der Waals surface area contributed by atoms with Crippen molar-refractivity contribution in [3.8, 4) is 0 Å². The van der Waals surface area contributed by atoms with Gasteiger partial charge in [0, 0.05) is 32.0 Å². The number of hydrogen-bond acceptors (Lipinski definition) is 5. The Morgan fingerprint density at radius 3 is 2.59 bits per heavy atom. The molecule has 8 nitrogen and oxygen atoms in total. The third-order valence-electron chi connectivity index (χ3n) is 6.23. The van der Waals surface area contributed by atoms with Crippen molar-refractivity contribution in [2.45, 2.75) is 37.5 Å². The molecule has 0 spiro atoms. The predicted molar refractivity (Wildman–Crippen MR) is 97.7 cm³/mol. The molecule has 27 heavy (non-hydrogen) atoms. The summed E-state index contributed by atoms with van der Waals surface area (Å²) < 4.78 is 5.68. The average Bonchev–Trinajstić information content (AvgIpc) is 3.15. The van der Waals surface area contributed by atoms with Crippen molar-refractivity contribution in [3.63, 3.8) is 0 Å². The molecule has 148 valence electrons. The number of nitrogens with one attached hydrogen (secondary N) is 1. The fourth-order valence-corrected chi connectivity index (χ4v) is 4.77. The number of fused-ring (bicyclic) bond motifs is 2. The van der Waals surface area contributed by atoms with E-state index in [0.717, 1.165) is 25.9 Å². The molecular formula is C19H28N4O4. The van der Waals surface area contributed by atoms with E-state index in [4.69, 9.17) is 4.74 Å². The molecule has 0 radical (unpaired) electrons. The molecule has 4 fully saturated rings. The Bertz CT molecular complexity index is 633. The van der Waals surface area contributed by atoms with Crippen LogP contribution in [-0.4, -0.2) is 96.5 Å². The maximum absolute atomic E-state index is 13.1. The highest BCUT2D eigenvalue weighted by Crippen LogP contribution is 2.31. The van der Waals surface area contributed by atoms with Crippen LogP contribution in [0.2, 0.25) is 0 Å². The van der Waals surface area contributed by atoms with Gasteiger partial charge in [-0.15, -0.1) is 6.58 Å². The number of nitrogens with zero attached hydrogens (tertiary/aromatic N) is 3. The molecule has 0 aliphatic carbocycles. The molecule has 0 unspecified atom stereocenters. The number of ether oxygens (including phenoxy) is 1. The van der Waals surface area contributed by atoms with E-state index in [1.165, 1.54) is 0 Å². The van der Waals surface area contributed by atoms with Crippen LogP contribution in [0.1, 0.15) is 19.3 Å². The van der Waals surface area contributed by atoms with Gasteiger partial charge in [0.25, 0.3) is 0 Å². The second-order valence-electron chi connectivity index (χ2n) is 7.84. The Hall–Kier alpha value is -1.93. The molecule has 3 atom stereocenters. The van der Waals surface area contributed by atoms with Crippen molar-refractivity contribution in [3.05, 3.63) is 12.7 Å². The first kappa shape index (κ1) is 18.4. The van der Waals surface area contributed by atoms with Gasteiger partial charge in [0.15, 0.2) is 0 Å². The van der Waals surface area contributed by atoms with Crippen molar-refractivity contribution in [2.75, 3.05) is 45.9 Å². The Kier molecular flexibility index (Phi) is 5.19. The summed E-state index contributed by atoms with van der Waals surface area (Å²) in [6, 6.07) is -0.971. The molecular weight excluding hydrogens is 348 g/mol. The lowest BCUT2D eigenvalue weighted by Crippen LogP contribution is -2.69. The number of rotatable bonds is 4. The monoisotopic (exact) mass is 376 g/mol. The molecule has 0 aromatic heterocycles. The van der Waals surface area contributed by atoms with Crippen molar-refractivity contribution < 1.29 is 19.1 Å². The van der Waals surface area contributed by atoms with Crippen LogP contribution >= 0.6 is 0 Å². The van der Waals surface area contributed by atoms with E-state index in [9.17, 15) is 14.4 Å². The van der Waals surface area contributed by atoms with Crippen molar-refractivity contribution >= 4 is 17.7 Å².